The van der Waals surface area contributed by atoms with Crippen LogP contribution < -0.4 is 5.32 Å². The maximum atomic E-state index is 12.7. The minimum Gasteiger partial charge on any atom is -0.350 e. The molecule has 1 N–H and O–H groups in total. The zero-order valence-corrected chi connectivity index (χ0v) is 12.0. The van der Waals surface area contributed by atoms with Gasteiger partial charge in [-0.1, -0.05) is 23.7 Å². The van der Waals surface area contributed by atoms with E-state index >= 15 is 0 Å². The minimum atomic E-state index is -0.294. The molecule has 0 aliphatic heterocycles. The number of hydrogen-bond acceptors (Lipinski definition) is 2. The number of nitrogens with zero attached hydrogens (tertiary/aromatic N) is 2. The first-order valence-corrected chi connectivity index (χ1v) is 6.56. The number of halogens is 2. The average Bonchev–Trinajstić information content (AvgIpc) is 2.66. The van der Waals surface area contributed by atoms with Crippen LogP contribution in [-0.4, -0.2) is 15.7 Å². The fraction of sp³-hybridized carbons (Fsp3) is 0.286. The van der Waals surface area contributed by atoms with E-state index in [2.05, 4.69) is 10.4 Å². The lowest BCUT2D eigenvalue weighted by Crippen LogP contribution is -2.28. The van der Waals surface area contributed by atoms with E-state index < -0.39 is 0 Å². The van der Waals surface area contributed by atoms with Crippen LogP contribution in [0.2, 0.25) is 5.02 Å². The molecule has 0 saturated carbocycles. The van der Waals surface area contributed by atoms with Crippen LogP contribution in [0.1, 0.15) is 17.0 Å². The first-order valence-electron chi connectivity index (χ1n) is 6.18. The topological polar surface area (TPSA) is 46.9 Å². The summed E-state index contributed by atoms with van der Waals surface area (Å²) in [5.74, 6) is -0.464. The number of carbonyl (C=O) groups is 1. The summed E-state index contributed by atoms with van der Waals surface area (Å²) in [6.45, 7) is 4.07. The first-order chi connectivity index (χ1) is 9.47. The average molecular weight is 296 g/mol. The Labute approximate surface area is 121 Å². The number of amides is 1. The molecule has 4 nitrogen and oxygen atoms in total. The lowest BCUT2D eigenvalue weighted by molar-refractivity contribution is -0.122. The van der Waals surface area contributed by atoms with E-state index in [0.29, 0.717) is 17.3 Å². The molecule has 0 fully saturated rings. The number of benzene rings is 1. The van der Waals surface area contributed by atoms with Crippen LogP contribution in [0.4, 0.5) is 4.39 Å². The van der Waals surface area contributed by atoms with Gasteiger partial charge >= 0.3 is 0 Å². The normalized spacial score (nSPS) is 10.6. The summed E-state index contributed by atoms with van der Waals surface area (Å²) in [5.41, 5.74) is 2.31. The van der Waals surface area contributed by atoms with Crippen LogP contribution in [-0.2, 0) is 17.9 Å². The predicted octanol–water partition coefficient (Wildman–Crippen LogP) is 2.61. The van der Waals surface area contributed by atoms with Gasteiger partial charge < -0.3 is 5.32 Å². The van der Waals surface area contributed by atoms with Crippen LogP contribution in [0.3, 0.4) is 0 Å². The second-order valence-electron chi connectivity index (χ2n) is 4.55. The molecule has 1 amide bonds. The number of rotatable bonds is 4. The van der Waals surface area contributed by atoms with Crippen molar-refractivity contribution in [2.75, 3.05) is 0 Å². The summed E-state index contributed by atoms with van der Waals surface area (Å²) in [6.07, 6.45) is 0. The highest BCUT2D eigenvalue weighted by Crippen LogP contribution is 2.18. The lowest BCUT2D eigenvalue weighted by atomic mass is 10.2. The van der Waals surface area contributed by atoms with E-state index in [1.807, 2.05) is 6.92 Å². The van der Waals surface area contributed by atoms with Gasteiger partial charge in [0.05, 0.1) is 16.4 Å². The third-order valence-corrected chi connectivity index (χ3v) is 3.54. The summed E-state index contributed by atoms with van der Waals surface area (Å²) >= 11 is 6.02. The Hall–Kier alpha value is -1.88. The molecule has 1 aromatic heterocycles. The molecule has 0 spiro atoms. The van der Waals surface area contributed by atoms with E-state index in [4.69, 9.17) is 11.6 Å². The summed E-state index contributed by atoms with van der Waals surface area (Å²) in [5, 5.41) is 7.53. The molecule has 106 valence electrons. The van der Waals surface area contributed by atoms with Gasteiger partial charge in [-0.25, -0.2) is 4.39 Å². The van der Waals surface area contributed by atoms with Gasteiger partial charge in [0.25, 0.3) is 0 Å². The highest BCUT2D eigenvalue weighted by Gasteiger charge is 2.11. The van der Waals surface area contributed by atoms with Gasteiger partial charge in [0.2, 0.25) is 5.91 Å². The molecule has 20 heavy (non-hydrogen) atoms. The van der Waals surface area contributed by atoms with Crippen molar-refractivity contribution in [3.63, 3.8) is 0 Å². The van der Waals surface area contributed by atoms with E-state index in [0.717, 1.165) is 11.3 Å². The molecule has 6 heteroatoms. The van der Waals surface area contributed by atoms with E-state index in [1.165, 1.54) is 12.1 Å². The van der Waals surface area contributed by atoms with Crippen molar-refractivity contribution < 1.29 is 9.18 Å². The van der Waals surface area contributed by atoms with E-state index in [9.17, 15) is 9.18 Å². The zero-order chi connectivity index (χ0) is 14.7. The van der Waals surface area contributed by atoms with Gasteiger partial charge in [-0.3, -0.25) is 9.48 Å². The van der Waals surface area contributed by atoms with Crippen LogP contribution in [0.25, 0.3) is 0 Å². The van der Waals surface area contributed by atoms with Crippen molar-refractivity contribution >= 4 is 17.5 Å². The SMILES string of the molecule is Cc1nn(CC(=O)NCc2ccc(F)cc2)c(C)c1Cl. The Bertz CT molecular complexity index is 622. The van der Waals surface area contributed by atoms with Crippen molar-refractivity contribution in [2.45, 2.75) is 26.9 Å². The lowest BCUT2D eigenvalue weighted by Gasteiger charge is -2.07. The Morgan fingerprint density at radius 1 is 1.35 bits per heavy atom. The largest absolute Gasteiger partial charge is 0.350 e. The van der Waals surface area contributed by atoms with Gasteiger partial charge in [0.1, 0.15) is 12.4 Å². The van der Waals surface area contributed by atoms with Crippen LogP contribution in [0, 0.1) is 19.7 Å². The molecule has 0 radical (unpaired) electrons. The highest BCUT2D eigenvalue weighted by atomic mass is 35.5. The smallest absolute Gasteiger partial charge is 0.242 e. The Kier molecular flexibility index (Phi) is 4.39. The third-order valence-electron chi connectivity index (χ3n) is 2.99. The Morgan fingerprint density at radius 3 is 2.55 bits per heavy atom. The molecule has 0 atom stereocenters. The molecule has 0 saturated heterocycles. The minimum absolute atomic E-state index is 0.112. The molecule has 0 bridgehead atoms. The number of aromatic nitrogens is 2. The zero-order valence-electron chi connectivity index (χ0n) is 11.3. The maximum absolute atomic E-state index is 12.7. The van der Waals surface area contributed by atoms with Crippen molar-refractivity contribution in [2.24, 2.45) is 0 Å². The van der Waals surface area contributed by atoms with Gasteiger partial charge in [-0.2, -0.15) is 5.10 Å². The summed E-state index contributed by atoms with van der Waals surface area (Å²) in [6, 6.07) is 6.00. The second kappa shape index (κ2) is 6.05. The molecule has 2 rings (SSSR count). The van der Waals surface area contributed by atoms with Gasteiger partial charge in [0, 0.05) is 6.54 Å². The van der Waals surface area contributed by atoms with E-state index in [1.54, 1.807) is 23.7 Å². The monoisotopic (exact) mass is 295 g/mol. The van der Waals surface area contributed by atoms with Crippen molar-refractivity contribution in [3.8, 4) is 0 Å². The van der Waals surface area contributed by atoms with Gasteiger partial charge in [0.15, 0.2) is 0 Å². The Morgan fingerprint density at radius 2 is 2.00 bits per heavy atom. The second-order valence-corrected chi connectivity index (χ2v) is 4.92. The third kappa shape index (κ3) is 3.36. The van der Waals surface area contributed by atoms with Gasteiger partial charge in [-0.15, -0.1) is 0 Å². The molecule has 1 aromatic carbocycles. The predicted molar refractivity (Wildman–Crippen MR) is 75.0 cm³/mol. The number of hydrogen-bond donors (Lipinski definition) is 1. The van der Waals surface area contributed by atoms with E-state index in [-0.39, 0.29) is 18.3 Å². The van der Waals surface area contributed by atoms with Crippen LogP contribution >= 0.6 is 11.6 Å². The molecule has 0 aliphatic carbocycles. The van der Waals surface area contributed by atoms with Crippen molar-refractivity contribution in [1.29, 1.82) is 0 Å². The molecule has 2 aromatic rings. The van der Waals surface area contributed by atoms with Crippen LogP contribution in [0.5, 0.6) is 0 Å². The Balaban J connectivity index is 1.92. The number of carbonyl (C=O) groups excluding carboxylic acids is 1. The number of aryl methyl sites for hydroxylation is 1. The maximum Gasteiger partial charge on any atom is 0.242 e. The van der Waals surface area contributed by atoms with Gasteiger partial charge in [-0.05, 0) is 31.5 Å². The molecule has 0 unspecified atom stereocenters. The highest BCUT2D eigenvalue weighted by molar-refractivity contribution is 6.31. The molecular formula is C14H15ClFN3O. The summed E-state index contributed by atoms with van der Waals surface area (Å²) in [7, 11) is 0. The molecule has 1 heterocycles. The first kappa shape index (κ1) is 14.5. The fourth-order valence-corrected chi connectivity index (χ4v) is 1.96. The standard InChI is InChI=1S/C14H15ClFN3O/c1-9-14(15)10(2)19(18-9)8-13(20)17-7-11-3-5-12(16)6-4-11/h3-6H,7-8H2,1-2H3,(H,17,20). The van der Waals surface area contributed by atoms with Crippen LogP contribution in [0.15, 0.2) is 24.3 Å². The summed E-state index contributed by atoms with van der Waals surface area (Å²) in [4.78, 5) is 11.8. The molecular weight excluding hydrogens is 281 g/mol. The fourth-order valence-electron chi connectivity index (χ4n) is 1.82. The molecule has 0 aliphatic rings. The quantitative estimate of drug-likeness (QED) is 0.942. The van der Waals surface area contributed by atoms with Crippen molar-refractivity contribution in [1.82, 2.24) is 15.1 Å². The van der Waals surface area contributed by atoms with Crippen molar-refractivity contribution in [3.05, 3.63) is 52.1 Å². The summed E-state index contributed by atoms with van der Waals surface area (Å²) < 4.78 is 14.3. The number of nitrogens with one attached hydrogen (secondary N) is 1.